The fraction of sp³-hybridized carbons (Fsp3) is 0.500. The first kappa shape index (κ1) is 10.5. The van der Waals surface area contributed by atoms with Crippen LogP contribution in [-0.2, 0) is 11.2 Å². The van der Waals surface area contributed by atoms with Gasteiger partial charge in [-0.05, 0) is 25.0 Å². The van der Waals surface area contributed by atoms with Crippen molar-refractivity contribution in [2.75, 3.05) is 13.7 Å². The molecule has 0 bridgehead atoms. The van der Waals surface area contributed by atoms with Gasteiger partial charge in [-0.2, -0.15) is 5.10 Å². The number of fused-ring (bicyclic) bond motifs is 1. The topological polar surface area (TPSA) is 48.7 Å². The SMILES string of the molecule is COc1cccn2nc(CC3CCCO3)nc12. The van der Waals surface area contributed by atoms with E-state index in [-0.39, 0.29) is 6.10 Å². The Labute approximate surface area is 99.4 Å². The highest BCUT2D eigenvalue weighted by Crippen LogP contribution is 2.19. The minimum Gasteiger partial charge on any atom is -0.493 e. The molecule has 1 atom stereocenters. The van der Waals surface area contributed by atoms with Crippen molar-refractivity contribution in [3.05, 3.63) is 24.2 Å². The highest BCUT2D eigenvalue weighted by atomic mass is 16.5. The van der Waals surface area contributed by atoms with Gasteiger partial charge >= 0.3 is 0 Å². The molecule has 5 nitrogen and oxygen atoms in total. The van der Waals surface area contributed by atoms with Gasteiger partial charge in [0.15, 0.2) is 17.2 Å². The van der Waals surface area contributed by atoms with E-state index < -0.39 is 0 Å². The normalized spacial score (nSPS) is 19.9. The van der Waals surface area contributed by atoms with Crippen LogP contribution in [0.5, 0.6) is 5.75 Å². The van der Waals surface area contributed by atoms with Gasteiger partial charge in [0.05, 0.1) is 13.2 Å². The summed E-state index contributed by atoms with van der Waals surface area (Å²) in [4.78, 5) is 4.49. The second-order valence-corrected chi connectivity index (χ2v) is 4.21. The van der Waals surface area contributed by atoms with Gasteiger partial charge in [-0.15, -0.1) is 0 Å². The lowest BCUT2D eigenvalue weighted by atomic mass is 10.2. The second-order valence-electron chi connectivity index (χ2n) is 4.21. The summed E-state index contributed by atoms with van der Waals surface area (Å²) < 4.78 is 12.6. The second kappa shape index (κ2) is 4.33. The first-order valence-electron chi connectivity index (χ1n) is 5.86. The molecule has 17 heavy (non-hydrogen) atoms. The number of aromatic nitrogens is 3. The Balaban J connectivity index is 1.90. The Bertz CT molecular complexity index is 517. The van der Waals surface area contributed by atoms with Crippen LogP contribution < -0.4 is 4.74 Å². The third-order valence-electron chi connectivity index (χ3n) is 3.02. The van der Waals surface area contributed by atoms with Crippen molar-refractivity contribution in [1.82, 2.24) is 14.6 Å². The fourth-order valence-electron chi connectivity index (χ4n) is 2.18. The average molecular weight is 233 g/mol. The molecule has 3 heterocycles. The fourth-order valence-corrected chi connectivity index (χ4v) is 2.18. The van der Waals surface area contributed by atoms with E-state index in [4.69, 9.17) is 9.47 Å². The average Bonchev–Trinajstić information content (AvgIpc) is 2.97. The van der Waals surface area contributed by atoms with E-state index in [0.717, 1.165) is 43.1 Å². The van der Waals surface area contributed by atoms with Gasteiger partial charge in [-0.25, -0.2) is 9.50 Å². The van der Waals surface area contributed by atoms with E-state index in [9.17, 15) is 0 Å². The molecule has 90 valence electrons. The number of nitrogens with zero attached hydrogens (tertiary/aromatic N) is 3. The van der Waals surface area contributed by atoms with Crippen LogP contribution in [0.15, 0.2) is 18.3 Å². The number of ether oxygens (including phenoxy) is 2. The summed E-state index contributed by atoms with van der Waals surface area (Å²) in [5.41, 5.74) is 0.767. The standard InChI is InChI=1S/C12H15N3O2/c1-16-10-5-2-6-15-12(10)13-11(14-15)8-9-4-3-7-17-9/h2,5-6,9H,3-4,7-8H2,1H3. The van der Waals surface area contributed by atoms with Gasteiger partial charge in [0.25, 0.3) is 0 Å². The van der Waals surface area contributed by atoms with Crippen molar-refractivity contribution in [2.45, 2.75) is 25.4 Å². The Morgan fingerprint density at radius 2 is 2.53 bits per heavy atom. The van der Waals surface area contributed by atoms with Gasteiger partial charge < -0.3 is 9.47 Å². The molecule has 1 aliphatic heterocycles. The summed E-state index contributed by atoms with van der Waals surface area (Å²) in [5.74, 6) is 1.57. The molecule has 2 aromatic rings. The van der Waals surface area contributed by atoms with E-state index in [1.807, 2.05) is 18.3 Å². The lowest BCUT2D eigenvalue weighted by Crippen LogP contribution is -2.10. The monoisotopic (exact) mass is 233 g/mol. The first-order valence-corrected chi connectivity index (χ1v) is 5.86. The lowest BCUT2D eigenvalue weighted by molar-refractivity contribution is 0.110. The molecule has 0 radical (unpaired) electrons. The van der Waals surface area contributed by atoms with Crippen LogP contribution in [-0.4, -0.2) is 34.4 Å². The molecule has 2 aromatic heterocycles. The van der Waals surface area contributed by atoms with Crippen molar-refractivity contribution >= 4 is 5.65 Å². The van der Waals surface area contributed by atoms with Gasteiger partial charge in [-0.3, -0.25) is 0 Å². The molecular weight excluding hydrogens is 218 g/mol. The summed E-state index contributed by atoms with van der Waals surface area (Å²) in [6, 6.07) is 3.79. The maximum atomic E-state index is 5.59. The summed E-state index contributed by atoms with van der Waals surface area (Å²) in [6.45, 7) is 0.862. The number of rotatable bonds is 3. The Kier molecular flexibility index (Phi) is 2.68. The molecule has 0 aliphatic carbocycles. The summed E-state index contributed by atoms with van der Waals surface area (Å²) in [7, 11) is 1.64. The summed E-state index contributed by atoms with van der Waals surface area (Å²) in [6.07, 6.45) is 5.18. The minimum atomic E-state index is 0.276. The Morgan fingerprint density at radius 3 is 3.29 bits per heavy atom. The van der Waals surface area contributed by atoms with Crippen molar-refractivity contribution in [2.24, 2.45) is 0 Å². The van der Waals surface area contributed by atoms with Crippen molar-refractivity contribution in [3.8, 4) is 5.75 Å². The molecule has 1 saturated heterocycles. The van der Waals surface area contributed by atoms with Crippen LogP contribution >= 0.6 is 0 Å². The number of hydrogen-bond donors (Lipinski definition) is 0. The molecule has 0 amide bonds. The lowest BCUT2D eigenvalue weighted by Gasteiger charge is -2.04. The molecule has 5 heteroatoms. The first-order chi connectivity index (χ1) is 8.36. The van der Waals surface area contributed by atoms with E-state index in [0.29, 0.717) is 0 Å². The smallest absolute Gasteiger partial charge is 0.198 e. The molecule has 3 rings (SSSR count). The van der Waals surface area contributed by atoms with E-state index >= 15 is 0 Å². The van der Waals surface area contributed by atoms with Crippen molar-refractivity contribution in [3.63, 3.8) is 0 Å². The maximum absolute atomic E-state index is 5.59. The van der Waals surface area contributed by atoms with Gasteiger partial charge in [0, 0.05) is 19.2 Å². The zero-order valence-corrected chi connectivity index (χ0v) is 9.80. The maximum Gasteiger partial charge on any atom is 0.198 e. The molecule has 0 aromatic carbocycles. The van der Waals surface area contributed by atoms with E-state index in [1.165, 1.54) is 0 Å². The van der Waals surface area contributed by atoms with Crippen molar-refractivity contribution in [1.29, 1.82) is 0 Å². The highest BCUT2D eigenvalue weighted by molar-refractivity contribution is 5.52. The Hall–Kier alpha value is -1.62. The minimum absolute atomic E-state index is 0.276. The molecule has 1 aliphatic rings. The molecule has 0 spiro atoms. The van der Waals surface area contributed by atoms with Crippen LogP contribution in [0.4, 0.5) is 0 Å². The van der Waals surface area contributed by atoms with Crippen LogP contribution in [0.2, 0.25) is 0 Å². The highest BCUT2D eigenvalue weighted by Gasteiger charge is 2.18. The Morgan fingerprint density at radius 1 is 1.59 bits per heavy atom. The third-order valence-corrected chi connectivity index (χ3v) is 3.02. The summed E-state index contributed by atoms with van der Waals surface area (Å²) >= 11 is 0. The molecule has 1 fully saturated rings. The zero-order chi connectivity index (χ0) is 11.7. The van der Waals surface area contributed by atoms with Crippen LogP contribution in [0.1, 0.15) is 18.7 Å². The quantitative estimate of drug-likeness (QED) is 0.805. The largest absolute Gasteiger partial charge is 0.493 e. The van der Waals surface area contributed by atoms with Crippen molar-refractivity contribution < 1.29 is 9.47 Å². The predicted octanol–water partition coefficient (Wildman–Crippen LogP) is 1.46. The van der Waals surface area contributed by atoms with Gasteiger partial charge in [0.1, 0.15) is 0 Å². The van der Waals surface area contributed by atoms with Crippen LogP contribution in [0, 0.1) is 0 Å². The van der Waals surface area contributed by atoms with E-state index in [1.54, 1.807) is 11.6 Å². The number of pyridine rings is 1. The molecular formula is C12H15N3O2. The van der Waals surface area contributed by atoms with Crippen LogP contribution in [0.25, 0.3) is 5.65 Å². The van der Waals surface area contributed by atoms with Gasteiger partial charge in [0.2, 0.25) is 0 Å². The zero-order valence-electron chi connectivity index (χ0n) is 9.80. The molecule has 0 saturated carbocycles. The number of hydrogen-bond acceptors (Lipinski definition) is 4. The van der Waals surface area contributed by atoms with Gasteiger partial charge in [-0.1, -0.05) is 0 Å². The summed E-state index contributed by atoms with van der Waals surface area (Å²) in [5, 5.41) is 4.43. The number of methoxy groups -OCH3 is 1. The third kappa shape index (κ3) is 1.98. The molecule has 1 unspecified atom stereocenters. The van der Waals surface area contributed by atoms with E-state index in [2.05, 4.69) is 10.1 Å². The predicted molar refractivity (Wildman–Crippen MR) is 62.2 cm³/mol. The molecule has 0 N–H and O–H groups in total. The van der Waals surface area contributed by atoms with Crippen LogP contribution in [0.3, 0.4) is 0 Å².